The molecule has 1 saturated heterocycles. The summed E-state index contributed by atoms with van der Waals surface area (Å²) in [5.41, 5.74) is 0.228. The van der Waals surface area contributed by atoms with E-state index in [4.69, 9.17) is 9.47 Å². The number of carbonyl (C=O) groups excluding carboxylic acids is 1. The zero-order valence-corrected chi connectivity index (χ0v) is 17.1. The Hall–Kier alpha value is -1.48. The van der Waals surface area contributed by atoms with E-state index >= 15 is 0 Å². The van der Waals surface area contributed by atoms with Crippen molar-refractivity contribution >= 4 is 16.0 Å². The molecule has 1 atom stereocenters. The van der Waals surface area contributed by atoms with Crippen molar-refractivity contribution in [1.29, 1.82) is 0 Å². The van der Waals surface area contributed by atoms with Crippen molar-refractivity contribution in [2.75, 3.05) is 39.5 Å². The summed E-state index contributed by atoms with van der Waals surface area (Å²) in [6, 6.07) is 6.04. The Morgan fingerprint density at radius 3 is 2.63 bits per heavy atom. The van der Waals surface area contributed by atoms with Crippen LogP contribution >= 0.6 is 0 Å². The predicted octanol–water partition coefficient (Wildman–Crippen LogP) is 1.89. The Morgan fingerprint density at radius 2 is 2.00 bits per heavy atom. The summed E-state index contributed by atoms with van der Waals surface area (Å²) in [6.45, 7) is 9.48. The molecule has 0 aliphatic carbocycles. The molecule has 7 nitrogen and oxygen atoms in total. The van der Waals surface area contributed by atoms with Gasteiger partial charge in [0.15, 0.2) is 0 Å². The molecule has 0 saturated carbocycles. The van der Waals surface area contributed by atoms with Crippen LogP contribution < -0.4 is 4.72 Å². The molecule has 0 bridgehead atoms. The monoisotopic (exact) mass is 398 g/mol. The molecule has 1 aromatic rings. The number of nitrogens with zero attached hydrogens (tertiary/aromatic N) is 1. The average molecular weight is 399 g/mol. The molecule has 0 aromatic heterocycles. The van der Waals surface area contributed by atoms with Crippen LogP contribution in [0, 0.1) is 5.92 Å². The van der Waals surface area contributed by atoms with Crippen LogP contribution in [0.4, 0.5) is 0 Å². The molecule has 1 aliphatic rings. The van der Waals surface area contributed by atoms with Gasteiger partial charge in [0.25, 0.3) is 0 Å². The van der Waals surface area contributed by atoms with Gasteiger partial charge >= 0.3 is 5.97 Å². The first kappa shape index (κ1) is 21.8. The number of hydrogen-bond donors (Lipinski definition) is 1. The molecular formula is C19H30N2O5S. The van der Waals surface area contributed by atoms with Crippen molar-refractivity contribution < 1.29 is 22.7 Å². The molecule has 1 heterocycles. The lowest BCUT2D eigenvalue weighted by Crippen LogP contribution is -2.49. The van der Waals surface area contributed by atoms with Crippen LogP contribution in [0.2, 0.25) is 0 Å². The lowest BCUT2D eigenvalue weighted by Gasteiger charge is -2.35. The fourth-order valence-electron chi connectivity index (χ4n) is 3.14. The van der Waals surface area contributed by atoms with Crippen molar-refractivity contribution in [1.82, 2.24) is 9.62 Å². The standard InChI is InChI=1S/C19H30N2O5S/c1-4-26-19(22)16-6-5-7-18(13-16)27(23,24)20-14-17(12-15(2)3)21-8-10-25-11-9-21/h5-7,13,15,17,20H,4,8-12,14H2,1-3H3. The second kappa shape index (κ2) is 10.2. The van der Waals surface area contributed by atoms with Crippen LogP contribution in [0.1, 0.15) is 37.6 Å². The molecule has 0 spiro atoms. The molecule has 1 N–H and O–H groups in total. The van der Waals surface area contributed by atoms with Crippen LogP contribution in [0.3, 0.4) is 0 Å². The van der Waals surface area contributed by atoms with Gasteiger partial charge in [0.2, 0.25) is 10.0 Å². The van der Waals surface area contributed by atoms with Gasteiger partial charge in [0, 0.05) is 25.7 Å². The van der Waals surface area contributed by atoms with Gasteiger partial charge in [-0.15, -0.1) is 0 Å². The minimum atomic E-state index is -3.72. The van der Waals surface area contributed by atoms with E-state index in [1.54, 1.807) is 19.1 Å². The molecule has 8 heteroatoms. The van der Waals surface area contributed by atoms with Crippen LogP contribution in [0.15, 0.2) is 29.2 Å². The largest absolute Gasteiger partial charge is 0.462 e. The van der Waals surface area contributed by atoms with Crippen molar-refractivity contribution in [3.63, 3.8) is 0 Å². The third kappa shape index (κ3) is 6.57. The molecule has 152 valence electrons. The maximum Gasteiger partial charge on any atom is 0.338 e. The fraction of sp³-hybridized carbons (Fsp3) is 0.632. The van der Waals surface area contributed by atoms with E-state index in [0.29, 0.717) is 25.7 Å². The molecule has 2 rings (SSSR count). The van der Waals surface area contributed by atoms with Crippen molar-refractivity contribution in [3.8, 4) is 0 Å². The van der Waals surface area contributed by atoms with Crippen molar-refractivity contribution in [3.05, 3.63) is 29.8 Å². The zero-order valence-electron chi connectivity index (χ0n) is 16.3. The Kier molecular flexibility index (Phi) is 8.22. The summed E-state index contributed by atoms with van der Waals surface area (Å²) in [5.74, 6) is -0.0740. The molecule has 0 radical (unpaired) electrons. The number of morpholine rings is 1. The lowest BCUT2D eigenvalue weighted by molar-refractivity contribution is 0.0134. The van der Waals surface area contributed by atoms with Gasteiger partial charge in [0.1, 0.15) is 0 Å². The second-order valence-electron chi connectivity index (χ2n) is 7.03. The zero-order chi connectivity index (χ0) is 19.9. The van der Waals surface area contributed by atoms with Gasteiger partial charge in [-0.1, -0.05) is 19.9 Å². The molecule has 1 unspecified atom stereocenters. The van der Waals surface area contributed by atoms with Gasteiger partial charge in [-0.25, -0.2) is 17.9 Å². The normalized spacial score (nSPS) is 17.0. The van der Waals surface area contributed by atoms with Gasteiger partial charge in [-0.05, 0) is 37.5 Å². The van der Waals surface area contributed by atoms with Crippen LogP contribution in [0.25, 0.3) is 0 Å². The van der Waals surface area contributed by atoms with Gasteiger partial charge in [-0.2, -0.15) is 0 Å². The highest BCUT2D eigenvalue weighted by Gasteiger charge is 2.24. The molecule has 1 fully saturated rings. The Bertz CT molecular complexity index is 715. The van der Waals surface area contributed by atoms with E-state index in [1.807, 2.05) is 0 Å². The summed E-state index contributed by atoms with van der Waals surface area (Å²) in [5, 5.41) is 0. The highest BCUT2D eigenvalue weighted by molar-refractivity contribution is 7.89. The lowest BCUT2D eigenvalue weighted by atomic mass is 10.0. The molecule has 0 amide bonds. The first-order valence-electron chi connectivity index (χ1n) is 9.42. The van der Waals surface area contributed by atoms with Gasteiger partial charge in [-0.3, -0.25) is 4.90 Å². The first-order valence-corrected chi connectivity index (χ1v) is 10.9. The Morgan fingerprint density at radius 1 is 1.30 bits per heavy atom. The fourth-order valence-corrected chi connectivity index (χ4v) is 4.26. The Labute approximate surface area is 162 Å². The van der Waals surface area contributed by atoms with Crippen LogP contribution in [-0.4, -0.2) is 64.8 Å². The number of benzene rings is 1. The van der Waals surface area contributed by atoms with Crippen LogP contribution in [-0.2, 0) is 19.5 Å². The SMILES string of the molecule is CCOC(=O)c1cccc(S(=O)(=O)NCC(CC(C)C)N2CCOCC2)c1. The summed E-state index contributed by atoms with van der Waals surface area (Å²) in [4.78, 5) is 14.2. The second-order valence-corrected chi connectivity index (χ2v) is 8.80. The molecular weight excluding hydrogens is 368 g/mol. The average Bonchev–Trinajstić information content (AvgIpc) is 2.66. The minimum absolute atomic E-state index is 0.0679. The number of nitrogens with one attached hydrogen (secondary N) is 1. The number of hydrogen-bond acceptors (Lipinski definition) is 6. The van der Waals surface area contributed by atoms with Crippen molar-refractivity contribution in [2.24, 2.45) is 5.92 Å². The molecule has 27 heavy (non-hydrogen) atoms. The topological polar surface area (TPSA) is 84.9 Å². The highest BCUT2D eigenvalue weighted by Crippen LogP contribution is 2.16. The number of rotatable bonds is 9. The van der Waals surface area contributed by atoms with E-state index in [9.17, 15) is 13.2 Å². The third-order valence-electron chi connectivity index (χ3n) is 4.47. The highest BCUT2D eigenvalue weighted by atomic mass is 32.2. The van der Waals surface area contributed by atoms with Crippen molar-refractivity contribution in [2.45, 2.75) is 38.1 Å². The maximum absolute atomic E-state index is 12.7. The summed E-state index contributed by atoms with van der Waals surface area (Å²) in [7, 11) is -3.72. The molecule has 1 aliphatic heterocycles. The van der Waals surface area contributed by atoms with E-state index in [-0.39, 0.29) is 23.1 Å². The quantitative estimate of drug-likeness (QED) is 0.640. The van der Waals surface area contributed by atoms with Gasteiger partial charge in [0.05, 0.1) is 30.3 Å². The number of esters is 1. The van der Waals surface area contributed by atoms with E-state index in [1.165, 1.54) is 12.1 Å². The maximum atomic E-state index is 12.7. The van der Waals surface area contributed by atoms with Crippen LogP contribution in [0.5, 0.6) is 0 Å². The number of carbonyl (C=O) groups is 1. The number of sulfonamides is 1. The first-order chi connectivity index (χ1) is 12.8. The third-order valence-corrected chi connectivity index (χ3v) is 5.89. The molecule has 1 aromatic carbocycles. The minimum Gasteiger partial charge on any atom is -0.462 e. The number of ether oxygens (including phenoxy) is 2. The predicted molar refractivity (Wildman–Crippen MR) is 103 cm³/mol. The Balaban J connectivity index is 2.09. The van der Waals surface area contributed by atoms with E-state index in [0.717, 1.165) is 19.5 Å². The summed E-state index contributed by atoms with van der Waals surface area (Å²) in [6.07, 6.45) is 0.894. The summed E-state index contributed by atoms with van der Waals surface area (Å²) < 4.78 is 38.5. The smallest absolute Gasteiger partial charge is 0.338 e. The van der Waals surface area contributed by atoms with Gasteiger partial charge < -0.3 is 9.47 Å². The van der Waals surface area contributed by atoms with E-state index < -0.39 is 16.0 Å². The van der Waals surface area contributed by atoms with E-state index in [2.05, 4.69) is 23.5 Å². The summed E-state index contributed by atoms with van der Waals surface area (Å²) >= 11 is 0.